The second-order valence-electron chi connectivity index (χ2n) is 14.7. The first kappa shape index (κ1) is 39.8. The highest BCUT2D eigenvalue weighted by molar-refractivity contribution is 7.14. The van der Waals surface area contributed by atoms with Gasteiger partial charge in [-0.15, -0.1) is 11.3 Å². The normalized spacial score (nSPS) is 13.2. The van der Waals surface area contributed by atoms with E-state index in [4.69, 9.17) is 4.74 Å². The molecule has 3 unspecified atom stereocenters. The minimum atomic E-state index is -1.65. The minimum absolute atomic E-state index is 0.0559. The van der Waals surface area contributed by atoms with Gasteiger partial charge >= 0.3 is 5.97 Å². The van der Waals surface area contributed by atoms with Gasteiger partial charge in [-0.2, -0.15) is 0 Å². The van der Waals surface area contributed by atoms with Crippen LogP contribution in [0.25, 0.3) is 22.5 Å². The molecule has 0 saturated carbocycles. The molecule has 2 aromatic heterocycles. The Balaban J connectivity index is 1.29. The molecule has 4 N–H and O–H groups in total. The number of aliphatic hydroxyl groups is 1. The molecule has 0 spiro atoms. The zero-order valence-electron chi connectivity index (χ0n) is 31.3. The number of aliphatic carboxylic acids is 1. The van der Waals surface area contributed by atoms with Crippen LogP contribution in [0.3, 0.4) is 0 Å². The molecule has 10 nitrogen and oxygen atoms in total. The summed E-state index contributed by atoms with van der Waals surface area (Å²) >= 11 is 1.34. The van der Waals surface area contributed by atoms with E-state index >= 15 is 0 Å². The van der Waals surface area contributed by atoms with Crippen molar-refractivity contribution in [3.63, 3.8) is 0 Å². The number of hydrogen-bond donors (Lipinski definition) is 4. The standard InChI is InChI=1S/C43H48N4O6S/c1-27(2)10-9-23-53-33-19-17-29(18-20-33)32-25-44-39(45-26-32)31-15-13-28(14-16-31)24-34(46-41(50)35-21-22-36(54-35)43(3,4)5)40(49)47-37(42(51)52)38(48)30-11-7-6-8-12-30/h6-8,11-22,25-27,34,37-38,48H,9-10,23-24H2,1-5H3,(H,46,50)(H,47,49)(H,51,52). The second kappa shape index (κ2) is 18.1. The topological polar surface area (TPSA) is 151 Å². The minimum Gasteiger partial charge on any atom is -0.494 e. The van der Waals surface area contributed by atoms with Gasteiger partial charge in [0.25, 0.3) is 5.91 Å². The third kappa shape index (κ3) is 10.8. The Kier molecular flexibility index (Phi) is 13.3. The number of hydrogen-bond acceptors (Lipinski definition) is 8. The highest BCUT2D eigenvalue weighted by Crippen LogP contribution is 2.30. The van der Waals surface area contributed by atoms with E-state index < -0.39 is 36.0 Å². The Morgan fingerprint density at radius 3 is 2.06 bits per heavy atom. The van der Waals surface area contributed by atoms with E-state index in [0.717, 1.165) is 40.2 Å². The molecule has 0 radical (unpaired) electrons. The number of nitrogens with zero attached hydrogens (tertiary/aromatic N) is 2. The molecule has 3 atom stereocenters. The Hall–Kier alpha value is -5.39. The molecule has 54 heavy (non-hydrogen) atoms. The summed E-state index contributed by atoms with van der Waals surface area (Å²) < 4.78 is 5.87. The molecular weight excluding hydrogens is 701 g/mol. The number of thiophene rings is 1. The van der Waals surface area contributed by atoms with Crippen molar-refractivity contribution in [1.29, 1.82) is 0 Å². The molecule has 0 fully saturated rings. The van der Waals surface area contributed by atoms with Gasteiger partial charge in [-0.25, -0.2) is 14.8 Å². The molecule has 3 aromatic carbocycles. The van der Waals surface area contributed by atoms with Crippen molar-refractivity contribution in [1.82, 2.24) is 20.6 Å². The average Bonchev–Trinajstić information content (AvgIpc) is 3.68. The Morgan fingerprint density at radius 2 is 1.46 bits per heavy atom. The van der Waals surface area contributed by atoms with Crippen LogP contribution in [0.15, 0.2) is 103 Å². The predicted octanol–water partition coefficient (Wildman–Crippen LogP) is 7.63. The summed E-state index contributed by atoms with van der Waals surface area (Å²) in [6, 6.07) is 24.2. The fourth-order valence-electron chi connectivity index (χ4n) is 5.75. The van der Waals surface area contributed by atoms with Gasteiger partial charge in [-0.05, 0) is 65.1 Å². The first-order valence-corrected chi connectivity index (χ1v) is 18.9. The first-order valence-electron chi connectivity index (χ1n) is 18.1. The van der Waals surface area contributed by atoms with Crippen molar-refractivity contribution >= 4 is 29.1 Å². The number of benzene rings is 3. The van der Waals surface area contributed by atoms with E-state index in [1.807, 2.05) is 54.6 Å². The maximum Gasteiger partial charge on any atom is 0.329 e. The number of rotatable bonds is 16. The highest BCUT2D eigenvalue weighted by atomic mass is 32.1. The van der Waals surface area contributed by atoms with Gasteiger partial charge in [0.15, 0.2) is 11.9 Å². The van der Waals surface area contributed by atoms with Crippen molar-refractivity contribution in [2.24, 2.45) is 5.92 Å². The van der Waals surface area contributed by atoms with Crippen molar-refractivity contribution in [3.8, 4) is 28.3 Å². The van der Waals surface area contributed by atoms with E-state index in [1.54, 1.807) is 48.8 Å². The van der Waals surface area contributed by atoms with Crippen molar-refractivity contribution in [2.45, 2.75) is 77.5 Å². The van der Waals surface area contributed by atoms with Crippen LogP contribution in [-0.2, 0) is 21.4 Å². The number of nitrogens with one attached hydrogen (secondary N) is 2. The SMILES string of the molecule is CC(C)CCCOc1ccc(-c2cnc(-c3ccc(CC(NC(=O)c4ccc(C(C)(C)C)s4)C(=O)NC(C(=O)O)C(O)c4ccccc4)cc3)nc2)cc1. The van der Waals surface area contributed by atoms with E-state index in [-0.39, 0.29) is 11.8 Å². The number of ether oxygens (including phenoxy) is 1. The fourth-order valence-corrected chi connectivity index (χ4v) is 6.72. The number of carboxylic acids is 1. The maximum atomic E-state index is 13.7. The molecule has 2 amide bonds. The smallest absolute Gasteiger partial charge is 0.329 e. The Bertz CT molecular complexity index is 1990. The largest absolute Gasteiger partial charge is 0.494 e. The van der Waals surface area contributed by atoms with Gasteiger partial charge in [-0.1, -0.05) is 101 Å². The summed E-state index contributed by atoms with van der Waals surface area (Å²) in [6.45, 7) is 11.2. The lowest BCUT2D eigenvalue weighted by atomic mass is 9.95. The van der Waals surface area contributed by atoms with E-state index in [9.17, 15) is 24.6 Å². The summed E-state index contributed by atoms with van der Waals surface area (Å²) in [5.41, 5.74) is 3.46. The number of amides is 2. The number of aliphatic hydroxyl groups excluding tert-OH is 1. The molecule has 5 rings (SSSR count). The van der Waals surface area contributed by atoms with Crippen LogP contribution in [0, 0.1) is 5.92 Å². The molecule has 0 aliphatic rings. The number of carbonyl (C=O) groups excluding carboxylic acids is 2. The summed E-state index contributed by atoms with van der Waals surface area (Å²) in [5.74, 6) is -0.612. The average molecular weight is 749 g/mol. The lowest BCUT2D eigenvalue weighted by molar-refractivity contribution is -0.145. The molecule has 0 aliphatic carbocycles. The van der Waals surface area contributed by atoms with Crippen molar-refractivity contribution in [3.05, 3.63) is 124 Å². The molecule has 282 valence electrons. The Labute approximate surface area is 320 Å². The van der Waals surface area contributed by atoms with Crippen LogP contribution in [0.2, 0.25) is 0 Å². The molecule has 0 bridgehead atoms. The zero-order valence-corrected chi connectivity index (χ0v) is 32.1. The van der Waals surface area contributed by atoms with Gasteiger partial charge in [-0.3, -0.25) is 9.59 Å². The van der Waals surface area contributed by atoms with E-state index in [2.05, 4.69) is 55.2 Å². The van der Waals surface area contributed by atoms with Gasteiger partial charge < -0.3 is 25.6 Å². The van der Waals surface area contributed by atoms with Crippen LogP contribution in [0.1, 0.15) is 79.2 Å². The van der Waals surface area contributed by atoms with Crippen LogP contribution in [0.5, 0.6) is 5.75 Å². The fraction of sp³-hybridized carbons (Fsp3) is 0.326. The second-order valence-corrected chi connectivity index (χ2v) is 15.8. The molecule has 0 aliphatic heterocycles. The molecule has 5 aromatic rings. The van der Waals surface area contributed by atoms with Gasteiger partial charge in [0.05, 0.1) is 11.5 Å². The predicted molar refractivity (Wildman–Crippen MR) is 211 cm³/mol. The first-order chi connectivity index (χ1) is 25.8. The highest BCUT2D eigenvalue weighted by Gasteiger charge is 2.33. The molecule has 2 heterocycles. The van der Waals surface area contributed by atoms with Crippen LogP contribution in [0.4, 0.5) is 0 Å². The summed E-state index contributed by atoms with van der Waals surface area (Å²) in [4.78, 5) is 50.0. The van der Waals surface area contributed by atoms with E-state index in [1.165, 1.54) is 11.3 Å². The monoisotopic (exact) mass is 748 g/mol. The maximum absolute atomic E-state index is 13.7. The van der Waals surface area contributed by atoms with E-state index in [0.29, 0.717) is 34.4 Å². The molecular formula is C43H48N4O6S. The van der Waals surface area contributed by atoms with Gasteiger partial charge in [0.2, 0.25) is 5.91 Å². The van der Waals surface area contributed by atoms with Crippen LogP contribution >= 0.6 is 11.3 Å². The quantitative estimate of drug-likeness (QED) is 0.0753. The summed E-state index contributed by atoms with van der Waals surface area (Å²) in [6.07, 6.45) is 4.22. The van der Waals surface area contributed by atoms with Gasteiger partial charge in [0, 0.05) is 34.8 Å². The summed E-state index contributed by atoms with van der Waals surface area (Å²) in [7, 11) is 0. The van der Waals surface area contributed by atoms with Gasteiger partial charge in [0.1, 0.15) is 17.9 Å². The lowest BCUT2D eigenvalue weighted by Gasteiger charge is -2.24. The molecule has 0 saturated heterocycles. The third-order valence-electron chi connectivity index (χ3n) is 8.90. The third-order valence-corrected chi connectivity index (χ3v) is 10.4. The lowest BCUT2D eigenvalue weighted by Crippen LogP contribution is -2.54. The van der Waals surface area contributed by atoms with Crippen LogP contribution in [-0.4, -0.2) is 56.7 Å². The van der Waals surface area contributed by atoms with Crippen molar-refractivity contribution in [2.75, 3.05) is 6.61 Å². The van der Waals surface area contributed by atoms with Crippen LogP contribution < -0.4 is 15.4 Å². The molecule has 11 heteroatoms. The number of carbonyl (C=O) groups is 3. The van der Waals surface area contributed by atoms with Crippen molar-refractivity contribution < 1.29 is 29.3 Å². The number of aromatic nitrogens is 2. The zero-order chi connectivity index (χ0) is 38.8. The Morgan fingerprint density at radius 1 is 0.815 bits per heavy atom. The number of carboxylic acid groups (broad SMARTS) is 1. The summed E-state index contributed by atoms with van der Waals surface area (Å²) in [5, 5.41) is 26.1.